The van der Waals surface area contributed by atoms with Gasteiger partial charge in [-0.05, 0) is 66.6 Å². The minimum absolute atomic E-state index is 0.218. The molecule has 0 saturated carbocycles. The van der Waals surface area contributed by atoms with Crippen LogP contribution in [-0.2, 0) is 9.59 Å². The summed E-state index contributed by atoms with van der Waals surface area (Å²) >= 11 is 24.8. The van der Waals surface area contributed by atoms with Gasteiger partial charge in [0.2, 0.25) is 0 Å². The Bertz CT molecular complexity index is 1360. The van der Waals surface area contributed by atoms with E-state index in [9.17, 15) is 9.59 Å². The Morgan fingerprint density at radius 3 is 2.54 bits per heavy atom. The van der Waals surface area contributed by atoms with Crippen molar-refractivity contribution < 1.29 is 14.3 Å². The van der Waals surface area contributed by atoms with Gasteiger partial charge in [-0.25, -0.2) is 0 Å². The molecule has 0 aliphatic carbocycles. The molecular formula is C25H17Cl3N2O3S2. The largest absolute Gasteiger partial charge is 0.484 e. The summed E-state index contributed by atoms with van der Waals surface area (Å²) < 4.78 is 6.04. The quantitative estimate of drug-likeness (QED) is 0.250. The van der Waals surface area contributed by atoms with Crippen molar-refractivity contribution in [3.05, 3.63) is 91.8 Å². The number of anilines is 2. The van der Waals surface area contributed by atoms with Gasteiger partial charge < -0.3 is 10.1 Å². The summed E-state index contributed by atoms with van der Waals surface area (Å²) in [5, 5.41) is 4.07. The fourth-order valence-electron chi connectivity index (χ4n) is 3.23. The topological polar surface area (TPSA) is 58.6 Å². The number of thiocarbonyl (C=S) groups is 1. The van der Waals surface area contributed by atoms with Crippen LogP contribution in [-0.4, -0.2) is 22.7 Å². The number of benzene rings is 3. The summed E-state index contributed by atoms with van der Waals surface area (Å²) in [7, 11) is 0. The molecule has 1 saturated heterocycles. The van der Waals surface area contributed by atoms with E-state index in [1.165, 1.54) is 16.7 Å². The molecule has 3 aromatic rings. The highest BCUT2D eigenvalue weighted by atomic mass is 35.5. The van der Waals surface area contributed by atoms with E-state index in [4.69, 9.17) is 51.8 Å². The van der Waals surface area contributed by atoms with E-state index >= 15 is 0 Å². The van der Waals surface area contributed by atoms with Crippen LogP contribution in [0.1, 0.15) is 11.1 Å². The summed E-state index contributed by atoms with van der Waals surface area (Å²) in [5.41, 5.74) is 2.74. The molecule has 0 unspecified atom stereocenters. The van der Waals surface area contributed by atoms with Crippen molar-refractivity contribution in [1.29, 1.82) is 0 Å². The molecule has 35 heavy (non-hydrogen) atoms. The van der Waals surface area contributed by atoms with Gasteiger partial charge in [-0.15, -0.1) is 0 Å². The lowest BCUT2D eigenvalue weighted by molar-refractivity contribution is -0.118. The van der Waals surface area contributed by atoms with Crippen molar-refractivity contribution >= 4 is 92.4 Å². The summed E-state index contributed by atoms with van der Waals surface area (Å²) in [6.07, 6.45) is 1.73. The van der Waals surface area contributed by atoms with Crippen LogP contribution >= 0.6 is 58.8 Å². The number of halogens is 3. The minimum Gasteiger partial charge on any atom is -0.484 e. The minimum atomic E-state index is -0.369. The number of amides is 2. The standard InChI is InChI=1S/C25H17Cl3N2O3S2/c1-14-5-6-19(12-21(14)28)30-24(32)22(35-25(30)34)8-15-3-2-4-20(7-15)33-13-23(31)29-18-10-16(26)9-17(27)11-18/h2-12H,13H2,1H3,(H,29,31)/b22-8-. The number of rotatable bonds is 6. The molecule has 0 atom stereocenters. The lowest BCUT2D eigenvalue weighted by Crippen LogP contribution is -2.27. The Kier molecular flexibility index (Phi) is 8.04. The molecule has 1 N–H and O–H groups in total. The SMILES string of the molecule is Cc1ccc(N2C(=O)/C(=C/c3cccc(OCC(=O)Nc4cc(Cl)cc(Cl)c4)c3)SC2=S)cc1Cl. The molecule has 178 valence electrons. The number of nitrogens with zero attached hydrogens (tertiary/aromatic N) is 1. The van der Waals surface area contributed by atoms with Crippen LogP contribution in [0.25, 0.3) is 6.08 Å². The molecular weight excluding hydrogens is 547 g/mol. The first-order chi connectivity index (χ1) is 16.7. The molecule has 5 nitrogen and oxygen atoms in total. The molecule has 4 rings (SSSR count). The van der Waals surface area contributed by atoms with E-state index < -0.39 is 0 Å². The summed E-state index contributed by atoms with van der Waals surface area (Å²) in [5.74, 6) is -0.129. The van der Waals surface area contributed by atoms with Crippen molar-refractivity contribution in [2.24, 2.45) is 0 Å². The predicted molar refractivity (Wildman–Crippen MR) is 149 cm³/mol. The van der Waals surface area contributed by atoms with Gasteiger partial charge in [0.15, 0.2) is 10.9 Å². The number of ether oxygens (including phenoxy) is 1. The Labute approximate surface area is 227 Å². The molecule has 1 aliphatic rings. The van der Waals surface area contributed by atoms with Crippen LogP contribution < -0.4 is 15.0 Å². The van der Waals surface area contributed by atoms with Gasteiger partial charge in [-0.3, -0.25) is 14.5 Å². The first-order valence-corrected chi connectivity index (χ1v) is 12.6. The van der Waals surface area contributed by atoms with Gasteiger partial charge in [0.05, 0.1) is 10.6 Å². The van der Waals surface area contributed by atoms with Crippen molar-refractivity contribution in [1.82, 2.24) is 0 Å². The van der Waals surface area contributed by atoms with Crippen molar-refractivity contribution in [2.75, 3.05) is 16.8 Å². The second-order valence-electron chi connectivity index (χ2n) is 7.52. The van der Waals surface area contributed by atoms with Gasteiger partial charge in [0.1, 0.15) is 5.75 Å². The normalized spacial score (nSPS) is 14.5. The Morgan fingerprint density at radius 1 is 1.09 bits per heavy atom. The van der Waals surface area contributed by atoms with Gasteiger partial charge in [-0.1, -0.05) is 77.0 Å². The fourth-order valence-corrected chi connectivity index (χ4v) is 5.23. The number of hydrogen-bond donors (Lipinski definition) is 1. The van der Waals surface area contributed by atoms with Crippen LogP contribution in [0, 0.1) is 6.92 Å². The Hall–Kier alpha value is -2.55. The lowest BCUT2D eigenvalue weighted by atomic mass is 10.2. The van der Waals surface area contributed by atoms with E-state index in [1.807, 2.05) is 25.1 Å². The maximum absolute atomic E-state index is 13.0. The first-order valence-electron chi connectivity index (χ1n) is 10.2. The molecule has 0 bridgehead atoms. The molecule has 3 aromatic carbocycles. The predicted octanol–water partition coefficient (Wildman–Crippen LogP) is 7.38. The molecule has 1 fully saturated rings. The maximum atomic E-state index is 13.0. The molecule has 2 amide bonds. The van der Waals surface area contributed by atoms with Gasteiger partial charge in [-0.2, -0.15) is 0 Å². The van der Waals surface area contributed by atoms with E-state index in [0.29, 0.717) is 41.4 Å². The molecule has 10 heteroatoms. The van der Waals surface area contributed by atoms with Gasteiger partial charge in [0.25, 0.3) is 11.8 Å². The van der Waals surface area contributed by atoms with Gasteiger partial charge >= 0.3 is 0 Å². The monoisotopic (exact) mass is 562 g/mol. The number of aryl methyl sites for hydroxylation is 1. The second-order valence-corrected chi connectivity index (χ2v) is 10.5. The first kappa shape index (κ1) is 25.5. The van der Waals surface area contributed by atoms with E-state index in [2.05, 4.69) is 5.32 Å². The van der Waals surface area contributed by atoms with Crippen LogP contribution in [0.4, 0.5) is 11.4 Å². The third-order valence-electron chi connectivity index (χ3n) is 4.88. The van der Waals surface area contributed by atoms with E-state index in [-0.39, 0.29) is 18.4 Å². The number of hydrogen-bond acceptors (Lipinski definition) is 5. The Morgan fingerprint density at radius 2 is 1.83 bits per heavy atom. The van der Waals surface area contributed by atoms with Crippen LogP contribution in [0.15, 0.2) is 65.6 Å². The van der Waals surface area contributed by atoms with E-state index in [1.54, 1.807) is 48.5 Å². The average Bonchev–Trinajstić information content (AvgIpc) is 3.06. The van der Waals surface area contributed by atoms with Crippen molar-refractivity contribution in [3.63, 3.8) is 0 Å². The number of carbonyl (C=O) groups is 2. The highest BCUT2D eigenvalue weighted by molar-refractivity contribution is 8.27. The zero-order valence-corrected chi connectivity index (χ0v) is 22.1. The Balaban J connectivity index is 1.43. The summed E-state index contributed by atoms with van der Waals surface area (Å²) in [6, 6.07) is 17.2. The molecule has 0 radical (unpaired) electrons. The highest BCUT2D eigenvalue weighted by Crippen LogP contribution is 2.37. The van der Waals surface area contributed by atoms with Crippen LogP contribution in [0.3, 0.4) is 0 Å². The molecule has 0 aromatic heterocycles. The number of thioether (sulfide) groups is 1. The fraction of sp³-hybridized carbons (Fsp3) is 0.0800. The van der Waals surface area contributed by atoms with E-state index in [0.717, 1.165) is 11.1 Å². The number of carbonyl (C=O) groups excluding carboxylic acids is 2. The number of nitrogens with one attached hydrogen (secondary N) is 1. The van der Waals surface area contributed by atoms with Crippen molar-refractivity contribution in [2.45, 2.75) is 6.92 Å². The zero-order valence-electron chi connectivity index (χ0n) is 18.2. The van der Waals surface area contributed by atoms with Crippen LogP contribution in [0.5, 0.6) is 5.75 Å². The molecule has 1 heterocycles. The molecule has 0 spiro atoms. The van der Waals surface area contributed by atoms with Crippen LogP contribution in [0.2, 0.25) is 15.1 Å². The van der Waals surface area contributed by atoms with Gasteiger partial charge in [0, 0.05) is 20.8 Å². The smallest absolute Gasteiger partial charge is 0.270 e. The average molecular weight is 564 g/mol. The summed E-state index contributed by atoms with van der Waals surface area (Å²) in [4.78, 5) is 27.2. The van der Waals surface area contributed by atoms with Crippen molar-refractivity contribution in [3.8, 4) is 5.75 Å². The zero-order chi connectivity index (χ0) is 25.1. The second kappa shape index (κ2) is 11.0. The lowest BCUT2D eigenvalue weighted by Gasteiger charge is -2.15. The molecule has 1 aliphatic heterocycles. The highest BCUT2D eigenvalue weighted by Gasteiger charge is 2.33. The summed E-state index contributed by atoms with van der Waals surface area (Å²) in [6.45, 7) is 1.67. The third-order valence-corrected chi connectivity index (χ3v) is 7.03. The third kappa shape index (κ3) is 6.37. The maximum Gasteiger partial charge on any atom is 0.270 e.